The van der Waals surface area contributed by atoms with E-state index in [1.54, 1.807) is 36.3 Å². The number of carbonyl (C=O) groups is 1. The van der Waals surface area contributed by atoms with Crippen LogP contribution in [0.5, 0.6) is 0 Å². The van der Waals surface area contributed by atoms with Crippen molar-refractivity contribution in [3.8, 4) is 0 Å². The highest BCUT2D eigenvalue weighted by Gasteiger charge is 2.22. The highest BCUT2D eigenvalue weighted by molar-refractivity contribution is 8.00. The van der Waals surface area contributed by atoms with Gasteiger partial charge >= 0.3 is 0 Å². The number of amides is 1. The van der Waals surface area contributed by atoms with Crippen LogP contribution in [0, 0.1) is 0 Å². The Kier molecular flexibility index (Phi) is 5.32. The minimum absolute atomic E-state index is 0.0269. The first-order valence-corrected chi connectivity index (χ1v) is 8.29. The van der Waals surface area contributed by atoms with E-state index in [0.717, 1.165) is 4.90 Å². The van der Waals surface area contributed by atoms with Crippen molar-refractivity contribution in [2.75, 3.05) is 11.9 Å². The predicted octanol–water partition coefficient (Wildman–Crippen LogP) is 4.59. The van der Waals surface area contributed by atoms with Gasteiger partial charge in [0.05, 0.1) is 10.3 Å². The fourth-order valence-corrected chi connectivity index (χ4v) is 3.67. The van der Waals surface area contributed by atoms with Gasteiger partial charge in [-0.25, -0.2) is 4.98 Å². The van der Waals surface area contributed by atoms with Gasteiger partial charge in [-0.15, -0.1) is 23.1 Å². The fraction of sp³-hybridized carbons (Fsp3) is 0.231. The Bertz CT molecular complexity index is 604. The summed E-state index contributed by atoms with van der Waals surface area (Å²) < 4.78 is 0. The minimum atomic E-state index is -0.278. The molecule has 20 heavy (non-hydrogen) atoms. The number of thioether (sulfide) groups is 1. The zero-order chi connectivity index (χ0) is 14.7. The molecule has 0 fully saturated rings. The van der Waals surface area contributed by atoms with Crippen LogP contribution in [0.4, 0.5) is 5.13 Å². The summed E-state index contributed by atoms with van der Waals surface area (Å²) in [6.07, 6.45) is 1.68. The van der Waals surface area contributed by atoms with Gasteiger partial charge in [-0.05, 0) is 25.1 Å². The molecule has 0 aliphatic carbocycles. The Hall–Kier alpha value is -0.750. The van der Waals surface area contributed by atoms with Crippen molar-refractivity contribution in [3.63, 3.8) is 0 Å². The van der Waals surface area contributed by atoms with Crippen LogP contribution < -0.4 is 4.90 Å². The van der Waals surface area contributed by atoms with Crippen LogP contribution in [0.25, 0.3) is 0 Å². The third kappa shape index (κ3) is 3.67. The van der Waals surface area contributed by atoms with Crippen molar-refractivity contribution in [1.82, 2.24) is 4.98 Å². The molecule has 0 aliphatic heterocycles. The Balaban J connectivity index is 2.09. The van der Waals surface area contributed by atoms with Crippen LogP contribution in [0.1, 0.15) is 6.92 Å². The Labute approximate surface area is 135 Å². The van der Waals surface area contributed by atoms with E-state index in [4.69, 9.17) is 23.2 Å². The summed E-state index contributed by atoms with van der Waals surface area (Å²) in [5.74, 6) is -0.0269. The lowest BCUT2D eigenvalue weighted by atomic mass is 10.4. The van der Waals surface area contributed by atoms with E-state index in [0.29, 0.717) is 15.2 Å². The van der Waals surface area contributed by atoms with Crippen molar-refractivity contribution in [3.05, 3.63) is 39.8 Å². The molecule has 106 valence electrons. The van der Waals surface area contributed by atoms with E-state index in [1.807, 2.05) is 12.3 Å². The number of nitrogens with zero attached hydrogens (tertiary/aromatic N) is 2. The van der Waals surface area contributed by atoms with Gasteiger partial charge in [0, 0.05) is 28.5 Å². The van der Waals surface area contributed by atoms with Crippen LogP contribution in [0.3, 0.4) is 0 Å². The van der Waals surface area contributed by atoms with Gasteiger partial charge in [-0.1, -0.05) is 23.2 Å². The van der Waals surface area contributed by atoms with Crippen LogP contribution in [-0.2, 0) is 4.79 Å². The molecule has 1 aromatic carbocycles. The summed E-state index contributed by atoms with van der Waals surface area (Å²) in [5.41, 5.74) is 0. The molecular formula is C13H12Cl2N2OS2. The number of benzene rings is 1. The Morgan fingerprint density at radius 2 is 2.20 bits per heavy atom. The number of thiazole rings is 1. The lowest BCUT2D eigenvalue weighted by Gasteiger charge is -2.19. The predicted molar refractivity (Wildman–Crippen MR) is 87.3 cm³/mol. The van der Waals surface area contributed by atoms with Gasteiger partial charge in [-0.3, -0.25) is 9.69 Å². The first kappa shape index (κ1) is 15.6. The van der Waals surface area contributed by atoms with Gasteiger partial charge in [0.2, 0.25) is 5.91 Å². The van der Waals surface area contributed by atoms with Crippen LogP contribution >= 0.6 is 46.3 Å². The second-order valence-corrected chi connectivity index (χ2v) is 7.15. The fourth-order valence-electron chi connectivity index (χ4n) is 1.56. The molecule has 0 radical (unpaired) electrons. The van der Waals surface area contributed by atoms with Crippen LogP contribution in [-0.4, -0.2) is 23.2 Å². The van der Waals surface area contributed by atoms with Crippen LogP contribution in [0.2, 0.25) is 10.0 Å². The van der Waals surface area contributed by atoms with Gasteiger partial charge in [0.15, 0.2) is 5.13 Å². The molecule has 0 saturated heterocycles. The van der Waals surface area contributed by atoms with E-state index in [-0.39, 0.29) is 11.2 Å². The summed E-state index contributed by atoms with van der Waals surface area (Å²) in [6, 6.07) is 5.22. The number of hydrogen-bond acceptors (Lipinski definition) is 4. The lowest BCUT2D eigenvalue weighted by molar-refractivity contribution is -0.117. The monoisotopic (exact) mass is 346 g/mol. The largest absolute Gasteiger partial charge is 0.290 e. The summed E-state index contributed by atoms with van der Waals surface area (Å²) in [6.45, 7) is 1.84. The maximum Gasteiger partial charge on any atom is 0.241 e. The highest BCUT2D eigenvalue weighted by atomic mass is 35.5. The second kappa shape index (κ2) is 6.80. The second-order valence-electron chi connectivity index (χ2n) is 4.05. The molecular weight excluding hydrogens is 335 g/mol. The molecule has 7 heteroatoms. The van der Waals surface area contributed by atoms with E-state index >= 15 is 0 Å². The molecule has 2 rings (SSSR count). The molecule has 0 N–H and O–H groups in total. The van der Waals surface area contributed by atoms with E-state index in [2.05, 4.69) is 4.98 Å². The van der Waals surface area contributed by atoms with Crippen molar-refractivity contribution in [2.45, 2.75) is 17.1 Å². The van der Waals surface area contributed by atoms with Crippen molar-refractivity contribution in [1.29, 1.82) is 0 Å². The number of halogens is 2. The van der Waals surface area contributed by atoms with E-state index in [1.165, 1.54) is 23.1 Å². The molecule has 0 bridgehead atoms. The van der Waals surface area contributed by atoms with E-state index in [9.17, 15) is 4.79 Å². The first-order chi connectivity index (χ1) is 9.49. The molecule has 1 heterocycles. The first-order valence-electron chi connectivity index (χ1n) is 5.78. The number of aromatic nitrogens is 1. The molecule has 1 amide bonds. The summed E-state index contributed by atoms with van der Waals surface area (Å²) in [4.78, 5) is 18.8. The summed E-state index contributed by atoms with van der Waals surface area (Å²) in [7, 11) is 1.72. The van der Waals surface area contributed by atoms with Crippen molar-refractivity contribution < 1.29 is 4.79 Å². The molecule has 3 nitrogen and oxygen atoms in total. The number of carbonyl (C=O) groups excluding carboxylic acids is 1. The maximum absolute atomic E-state index is 12.3. The third-order valence-corrected chi connectivity index (χ3v) is 5.25. The normalized spacial score (nSPS) is 12.2. The zero-order valence-corrected chi connectivity index (χ0v) is 14.0. The average molecular weight is 347 g/mol. The number of rotatable bonds is 4. The summed E-state index contributed by atoms with van der Waals surface area (Å²) >= 11 is 14.9. The van der Waals surface area contributed by atoms with E-state index < -0.39 is 0 Å². The molecule has 0 saturated carbocycles. The quantitative estimate of drug-likeness (QED) is 0.758. The third-order valence-electron chi connectivity index (χ3n) is 2.58. The molecule has 0 aliphatic rings. The zero-order valence-electron chi connectivity index (χ0n) is 10.8. The molecule has 1 unspecified atom stereocenters. The van der Waals surface area contributed by atoms with Gasteiger partial charge in [-0.2, -0.15) is 0 Å². The van der Waals surface area contributed by atoms with Crippen molar-refractivity contribution >= 4 is 57.3 Å². The number of anilines is 1. The Morgan fingerprint density at radius 1 is 1.45 bits per heavy atom. The topological polar surface area (TPSA) is 33.2 Å². The maximum atomic E-state index is 12.3. The molecule has 1 atom stereocenters. The SMILES string of the molecule is CC(Sc1cc(Cl)ccc1Cl)C(=O)N(C)c1nccs1. The molecule has 1 aromatic heterocycles. The summed E-state index contributed by atoms with van der Waals surface area (Å²) in [5, 5.41) is 3.44. The van der Waals surface area contributed by atoms with Gasteiger partial charge in [0.1, 0.15) is 0 Å². The van der Waals surface area contributed by atoms with Crippen LogP contribution in [0.15, 0.2) is 34.7 Å². The number of hydrogen-bond donors (Lipinski definition) is 0. The minimum Gasteiger partial charge on any atom is -0.290 e. The standard InChI is InChI=1S/C13H12Cl2N2OS2/c1-8(12(18)17(2)13-16-5-6-19-13)20-11-7-9(14)3-4-10(11)15/h3-8H,1-2H3. The average Bonchev–Trinajstić information content (AvgIpc) is 2.95. The van der Waals surface area contributed by atoms with Crippen molar-refractivity contribution in [2.24, 2.45) is 0 Å². The highest BCUT2D eigenvalue weighted by Crippen LogP contribution is 2.33. The Morgan fingerprint density at radius 3 is 2.85 bits per heavy atom. The molecule has 0 spiro atoms. The lowest BCUT2D eigenvalue weighted by Crippen LogP contribution is -2.33. The smallest absolute Gasteiger partial charge is 0.241 e. The van der Waals surface area contributed by atoms with Gasteiger partial charge in [0.25, 0.3) is 0 Å². The molecule has 2 aromatic rings. The van der Waals surface area contributed by atoms with Gasteiger partial charge < -0.3 is 0 Å².